The predicted octanol–water partition coefficient (Wildman–Crippen LogP) is 12.4. The number of rotatable bonds is 44. The molecule has 0 aliphatic carbocycles. The van der Waals surface area contributed by atoms with Gasteiger partial charge in [-0.1, -0.05) is 206 Å². The molecule has 0 saturated carbocycles. The van der Waals surface area contributed by atoms with Crippen LogP contribution in [0.2, 0.25) is 0 Å². The molecule has 0 aliphatic heterocycles. The third-order valence-electron chi connectivity index (χ3n) is 10.1. The van der Waals surface area contributed by atoms with Crippen molar-refractivity contribution in [2.45, 2.75) is 238 Å². The lowest BCUT2D eigenvalue weighted by atomic mass is 10.0. The van der Waals surface area contributed by atoms with Gasteiger partial charge in [0.1, 0.15) is 12.1 Å². The molecule has 0 heterocycles. The molecule has 54 heavy (non-hydrogen) atoms. The maximum Gasteiger partial charge on any atom is 0.472 e. The molecule has 10 nitrogen and oxygen atoms in total. The van der Waals surface area contributed by atoms with E-state index >= 15 is 0 Å². The van der Waals surface area contributed by atoms with Gasteiger partial charge in [-0.15, -0.1) is 0 Å². The molecule has 0 spiro atoms. The van der Waals surface area contributed by atoms with E-state index in [1.807, 2.05) is 0 Å². The fourth-order valence-electron chi connectivity index (χ4n) is 6.61. The molecule has 0 aliphatic rings. The van der Waals surface area contributed by atoms with E-state index in [9.17, 15) is 19.0 Å². The Balaban J connectivity index is 4.04. The summed E-state index contributed by atoms with van der Waals surface area (Å²) in [7, 11) is -4.60. The van der Waals surface area contributed by atoms with Crippen molar-refractivity contribution < 1.29 is 42.7 Å². The Labute approximate surface area is 331 Å². The highest BCUT2D eigenvalue weighted by atomic mass is 31.2. The van der Waals surface area contributed by atoms with Crippen molar-refractivity contribution in [3.8, 4) is 0 Å². The first-order valence-electron chi connectivity index (χ1n) is 22.6. The molecule has 3 atom stereocenters. The third-order valence-corrected chi connectivity index (χ3v) is 11.1. The number of nitrogens with two attached hydrogens (primary N) is 1. The zero-order chi connectivity index (χ0) is 39.8. The van der Waals surface area contributed by atoms with E-state index in [0.29, 0.717) is 6.61 Å². The molecule has 0 fully saturated rings. The molecule has 11 heteroatoms. The summed E-state index contributed by atoms with van der Waals surface area (Å²) in [5.41, 5.74) is 5.35. The second-order valence-corrected chi connectivity index (χ2v) is 17.0. The minimum atomic E-state index is -4.60. The largest absolute Gasteiger partial charge is 0.480 e. The van der Waals surface area contributed by atoms with E-state index in [2.05, 4.69) is 13.8 Å². The Bertz CT molecular complexity index is 878. The summed E-state index contributed by atoms with van der Waals surface area (Å²) in [4.78, 5) is 33.4. The minimum Gasteiger partial charge on any atom is -0.480 e. The number of ether oxygens (including phenoxy) is 2. The Morgan fingerprint density at radius 1 is 0.519 bits per heavy atom. The van der Waals surface area contributed by atoms with Crippen molar-refractivity contribution in [3.05, 3.63) is 0 Å². The van der Waals surface area contributed by atoms with Gasteiger partial charge in [0.05, 0.1) is 19.8 Å². The van der Waals surface area contributed by atoms with Crippen LogP contribution in [0.15, 0.2) is 0 Å². The SMILES string of the molecule is CCCCCCCCCCCCCCCCCCCCCCCCOCC(COP(=O)(O)OCC(N)C(=O)O)OC(=O)CCCCCCCCCCCC. The van der Waals surface area contributed by atoms with Crippen molar-refractivity contribution in [3.63, 3.8) is 0 Å². The highest BCUT2D eigenvalue weighted by Gasteiger charge is 2.27. The number of phosphoric ester groups is 1. The Morgan fingerprint density at radius 2 is 0.852 bits per heavy atom. The van der Waals surface area contributed by atoms with Crippen molar-refractivity contribution in [1.29, 1.82) is 0 Å². The lowest BCUT2D eigenvalue weighted by molar-refractivity contribution is -0.154. The van der Waals surface area contributed by atoms with Crippen LogP contribution in [0.3, 0.4) is 0 Å². The monoisotopic (exact) mass is 792 g/mol. The summed E-state index contributed by atoms with van der Waals surface area (Å²) in [5.74, 6) is -1.77. The van der Waals surface area contributed by atoms with Gasteiger partial charge in [0, 0.05) is 13.0 Å². The number of esters is 1. The summed E-state index contributed by atoms with van der Waals surface area (Å²) < 4.78 is 33.3. The highest BCUT2D eigenvalue weighted by molar-refractivity contribution is 7.47. The van der Waals surface area contributed by atoms with E-state index in [0.717, 1.165) is 38.5 Å². The normalized spacial score (nSPS) is 13.9. The Hall–Kier alpha value is -1.03. The standard InChI is InChI=1S/C43H86NO9P/c1-3-5-7-9-11-13-15-16-17-18-19-20-21-22-23-24-25-26-28-30-32-34-36-50-37-40(38-51-54(48,49)52-39-41(44)43(46)47)53-42(45)35-33-31-29-27-14-12-10-8-6-4-2/h40-41H,3-39,44H2,1-2H3,(H,46,47)(H,48,49). The maximum atomic E-state index is 12.6. The van der Waals surface area contributed by atoms with Gasteiger partial charge in [-0.25, -0.2) is 4.57 Å². The first-order valence-corrected chi connectivity index (χ1v) is 24.1. The Morgan fingerprint density at radius 3 is 1.22 bits per heavy atom. The number of carboxylic acids is 1. The molecular formula is C43H86NO9P. The van der Waals surface area contributed by atoms with Gasteiger partial charge < -0.3 is 25.2 Å². The smallest absolute Gasteiger partial charge is 0.472 e. The van der Waals surface area contributed by atoms with Gasteiger partial charge in [-0.05, 0) is 12.8 Å². The van der Waals surface area contributed by atoms with Gasteiger partial charge in [0.25, 0.3) is 0 Å². The van der Waals surface area contributed by atoms with E-state index in [-0.39, 0.29) is 13.0 Å². The average molecular weight is 792 g/mol. The van der Waals surface area contributed by atoms with E-state index in [4.69, 9.17) is 29.4 Å². The number of phosphoric acid groups is 1. The number of hydrogen-bond acceptors (Lipinski definition) is 8. The van der Waals surface area contributed by atoms with Crippen LogP contribution >= 0.6 is 7.82 Å². The molecule has 0 saturated heterocycles. The molecule has 322 valence electrons. The lowest BCUT2D eigenvalue weighted by Crippen LogP contribution is -2.34. The molecule has 4 N–H and O–H groups in total. The van der Waals surface area contributed by atoms with Crippen LogP contribution in [0.1, 0.15) is 226 Å². The maximum absolute atomic E-state index is 12.6. The summed E-state index contributed by atoms with van der Waals surface area (Å²) in [6, 6.07) is -1.47. The van der Waals surface area contributed by atoms with Gasteiger partial charge in [-0.3, -0.25) is 18.6 Å². The zero-order valence-electron chi connectivity index (χ0n) is 35.1. The van der Waals surface area contributed by atoms with E-state index in [1.54, 1.807) is 0 Å². The molecule has 0 amide bonds. The topological polar surface area (TPSA) is 155 Å². The average Bonchev–Trinajstić information content (AvgIpc) is 3.15. The number of carbonyl (C=O) groups is 2. The van der Waals surface area contributed by atoms with Crippen molar-refractivity contribution in [2.75, 3.05) is 26.4 Å². The van der Waals surface area contributed by atoms with Crippen LogP contribution < -0.4 is 5.73 Å². The number of carboxylic acid groups (broad SMARTS) is 1. The minimum absolute atomic E-state index is 0.0255. The number of carbonyl (C=O) groups excluding carboxylic acids is 1. The van der Waals surface area contributed by atoms with Crippen LogP contribution in [0.5, 0.6) is 0 Å². The fraction of sp³-hybridized carbons (Fsp3) is 0.953. The summed E-state index contributed by atoms with van der Waals surface area (Å²) in [5, 5.41) is 8.88. The van der Waals surface area contributed by atoms with Crippen LogP contribution in [-0.2, 0) is 32.7 Å². The third kappa shape index (κ3) is 39.2. The Kier molecular flexibility index (Phi) is 39.4. The molecule has 0 rings (SSSR count). The molecule has 0 aromatic rings. The highest BCUT2D eigenvalue weighted by Crippen LogP contribution is 2.43. The fourth-order valence-corrected chi connectivity index (χ4v) is 7.38. The molecule has 3 unspecified atom stereocenters. The summed E-state index contributed by atoms with van der Waals surface area (Å²) in [6.45, 7) is 3.91. The molecular weight excluding hydrogens is 705 g/mol. The molecule has 0 aromatic heterocycles. The number of unbranched alkanes of at least 4 members (excludes halogenated alkanes) is 30. The second kappa shape index (κ2) is 40.2. The van der Waals surface area contributed by atoms with E-state index < -0.39 is 45.1 Å². The predicted molar refractivity (Wildman–Crippen MR) is 222 cm³/mol. The zero-order valence-corrected chi connectivity index (χ0v) is 36.0. The first kappa shape index (κ1) is 53.0. The number of aliphatic carboxylic acids is 1. The van der Waals surface area contributed by atoms with Crippen LogP contribution in [-0.4, -0.2) is 60.5 Å². The van der Waals surface area contributed by atoms with Gasteiger partial charge in [0.2, 0.25) is 0 Å². The van der Waals surface area contributed by atoms with Crippen molar-refractivity contribution in [2.24, 2.45) is 5.73 Å². The van der Waals surface area contributed by atoms with Crippen molar-refractivity contribution in [1.82, 2.24) is 0 Å². The number of hydrogen-bond donors (Lipinski definition) is 3. The molecule has 0 radical (unpaired) electrons. The first-order chi connectivity index (χ1) is 26.2. The van der Waals surface area contributed by atoms with Crippen LogP contribution in [0.4, 0.5) is 0 Å². The molecule has 0 bridgehead atoms. The summed E-state index contributed by atoms with van der Waals surface area (Å²) >= 11 is 0. The lowest BCUT2D eigenvalue weighted by Gasteiger charge is -2.20. The van der Waals surface area contributed by atoms with Gasteiger partial charge in [-0.2, -0.15) is 0 Å². The van der Waals surface area contributed by atoms with Crippen LogP contribution in [0.25, 0.3) is 0 Å². The van der Waals surface area contributed by atoms with Gasteiger partial charge >= 0.3 is 19.8 Å². The second-order valence-electron chi connectivity index (χ2n) is 15.5. The van der Waals surface area contributed by atoms with Gasteiger partial charge in [0.15, 0.2) is 0 Å². The quantitative estimate of drug-likeness (QED) is 0.0308. The molecule has 0 aromatic carbocycles. The van der Waals surface area contributed by atoms with E-state index in [1.165, 1.54) is 167 Å². The van der Waals surface area contributed by atoms with Crippen LogP contribution in [0, 0.1) is 0 Å². The van der Waals surface area contributed by atoms with Crippen molar-refractivity contribution >= 4 is 19.8 Å². The summed E-state index contributed by atoms with van der Waals surface area (Å²) in [6.07, 6.45) is 40.3.